The summed E-state index contributed by atoms with van der Waals surface area (Å²) in [4.78, 5) is 19.2. The Morgan fingerprint density at radius 1 is 1.36 bits per heavy atom. The molecule has 4 rings (SSSR count). The molecule has 3 aromatic rings. The third kappa shape index (κ3) is 3.64. The summed E-state index contributed by atoms with van der Waals surface area (Å²) in [5, 5.41) is 11.2. The van der Waals surface area contributed by atoms with Gasteiger partial charge in [0.2, 0.25) is 0 Å². The number of hydrogen-bond donors (Lipinski definition) is 1. The quantitative estimate of drug-likeness (QED) is 0.754. The SMILES string of the molecule is Cn1cc(C(=O)NCc2cn3c(n2)CN(Cc2ccsc2)CC3)cn1. The van der Waals surface area contributed by atoms with Gasteiger partial charge in [0.15, 0.2) is 0 Å². The zero-order valence-electron chi connectivity index (χ0n) is 14.1. The molecule has 0 atom stereocenters. The van der Waals surface area contributed by atoms with Crippen molar-refractivity contribution in [3.8, 4) is 0 Å². The lowest BCUT2D eigenvalue weighted by atomic mass is 10.3. The van der Waals surface area contributed by atoms with Crippen molar-refractivity contribution >= 4 is 17.2 Å². The van der Waals surface area contributed by atoms with E-state index < -0.39 is 0 Å². The van der Waals surface area contributed by atoms with Gasteiger partial charge >= 0.3 is 0 Å². The minimum absolute atomic E-state index is 0.127. The van der Waals surface area contributed by atoms with E-state index in [1.165, 1.54) is 5.56 Å². The Hall–Kier alpha value is -2.45. The summed E-state index contributed by atoms with van der Waals surface area (Å²) in [6.07, 6.45) is 5.31. The van der Waals surface area contributed by atoms with E-state index in [9.17, 15) is 4.79 Å². The van der Waals surface area contributed by atoms with E-state index in [2.05, 4.69) is 41.7 Å². The van der Waals surface area contributed by atoms with Crippen LogP contribution in [0.2, 0.25) is 0 Å². The second-order valence-corrected chi connectivity index (χ2v) is 7.05. The monoisotopic (exact) mass is 356 g/mol. The van der Waals surface area contributed by atoms with Crippen LogP contribution in [0.5, 0.6) is 0 Å². The number of carbonyl (C=O) groups excluding carboxylic acids is 1. The second kappa shape index (κ2) is 6.81. The summed E-state index contributed by atoms with van der Waals surface area (Å²) in [6, 6.07) is 2.17. The lowest BCUT2D eigenvalue weighted by Gasteiger charge is -2.27. The van der Waals surface area contributed by atoms with Gasteiger partial charge in [0.1, 0.15) is 5.82 Å². The van der Waals surface area contributed by atoms with Gasteiger partial charge in [0.05, 0.1) is 30.5 Å². The van der Waals surface area contributed by atoms with Gasteiger partial charge in [-0.3, -0.25) is 14.4 Å². The van der Waals surface area contributed by atoms with Crippen LogP contribution < -0.4 is 5.32 Å². The molecule has 3 aromatic heterocycles. The highest BCUT2D eigenvalue weighted by Gasteiger charge is 2.19. The standard InChI is InChI=1S/C17H20N6OS/c1-21-9-14(6-19-21)17(24)18-7-15-10-23-4-3-22(11-16(23)20-15)8-13-2-5-25-12-13/h2,5-6,9-10,12H,3-4,7-8,11H2,1H3,(H,18,24). The van der Waals surface area contributed by atoms with Crippen LogP contribution in [0.3, 0.4) is 0 Å². The van der Waals surface area contributed by atoms with Gasteiger partial charge in [-0.05, 0) is 22.4 Å². The van der Waals surface area contributed by atoms with Crippen LogP contribution in [0.15, 0.2) is 35.4 Å². The number of nitrogens with zero attached hydrogens (tertiary/aromatic N) is 5. The molecule has 0 unspecified atom stereocenters. The first-order valence-electron chi connectivity index (χ1n) is 8.22. The number of nitrogens with one attached hydrogen (secondary N) is 1. The van der Waals surface area contributed by atoms with Crippen LogP contribution in [0.1, 0.15) is 27.4 Å². The molecule has 0 fully saturated rings. The van der Waals surface area contributed by atoms with Crippen molar-refractivity contribution in [1.82, 2.24) is 29.5 Å². The van der Waals surface area contributed by atoms with Gasteiger partial charge in [-0.1, -0.05) is 0 Å². The summed E-state index contributed by atoms with van der Waals surface area (Å²) in [5.74, 6) is 0.935. The average Bonchev–Trinajstić information content (AvgIpc) is 3.33. The largest absolute Gasteiger partial charge is 0.346 e. The van der Waals surface area contributed by atoms with E-state index in [1.807, 2.05) is 6.20 Å². The number of rotatable bonds is 5. The Kier molecular flexibility index (Phi) is 4.37. The van der Waals surface area contributed by atoms with Crippen molar-refractivity contribution in [2.75, 3.05) is 6.54 Å². The predicted octanol–water partition coefficient (Wildman–Crippen LogP) is 1.62. The Morgan fingerprint density at radius 2 is 2.28 bits per heavy atom. The van der Waals surface area contributed by atoms with Crippen LogP contribution in [0.25, 0.3) is 0 Å². The molecule has 1 N–H and O–H groups in total. The minimum atomic E-state index is -0.127. The molecule has 0 radical (unpaired) electrons. The first-order chi connectivity index (χ1) is 12.2. The summed E-state index contributed by atoms with van der Waals surface area (Å²) in [6.45, 7) is 4.18. The van der Waals surface area contributed by atoms with Gasteiger partial charge in [-0.2, -0.15) is 16.4 Å². The van der Waals surface area contributed by atoms with Gasteiger partial charge in [-0.15, -0.1) is 0 Å². The highest BCUT2D eigenvalue weighted by Crippen LogP contribution is 2.17. The van der Waals surface area contributed by atoms with E-state index in [-0.39, 0.29) is 5.91 Å². The first kappa shape index (κ1) is 16.0. The molecule has 1 aliphatic rings. The summed E-state index contributed by atoms with van der Waals surface area (Å²) < 4.78 is 3.81. The van der Waals surface area contributed by atoms with E-state index in [0.717, 1.165) is 37.7 Å². The lowest BCUT2D eigenvalue weighted by Crippen LogP contribution is -2.33. The number of imidazole rings is 1. The van der Waals surface area contributed by atoms with E-state index in [4.69, 9.17) is 0 Å². The van der Waals surface area contributed by atoms with Gasteiger partial charge in [-0.25, -0.2) is 4.98 Å². The minimum Gasteiger partial charge on any atom is -0.346 e. The normalized spacial score (nSPS) is 14.4. The number of aryl methyl sites for hydroxylation is 1. The van der Waals surface area contributed by atoms with Crippen LogP contribution >= 0.6 is 11.3 Å². The van der Waals surface area contributed by atoms with Gasteiger partial charge in [0.25, 0.3) is 5.91 Å². The van der Waals surface area contributed by atoms with Crippen molar-refractivity contribution in [1.29, 1.82) is 0 Å². The molecule has 0 aliphatic carbocycles. The molecule has 8 heteroatoms. The fraction of sp³-hybridized carbons (Fsp3) is 0.353. The Bertz CT molecular complexity index is 866. The molecule has 0 saturated carbocycles. The third-order valence-electron chi connectivity index (χ3n) is 4.31. The fourth-order valence-corrected chi connectivity index (χ4v) is 3.69. The maximum Gasteiger partial charge on any atom is 0.254 e. The summed E-state index contributed by atoms with van der Waals surface area (Å²) in [7, 11) is 1.79. The predicted molar refractivity (Wildman–Crippen MR) is 95.0 cm³/mol. The summed E-state index contributed by atoms with van der Waals surface area (Å²) >= 11 is 1.73. The van der Waals surface area contributed by atoms with E-state index in [0.29, 0.717) is 12.1 Å². The van der Waals surface area contributed by atoms with Crippen LogP contribution in [-0.2, 0) is 33.2 Å². The number of aromatic nitrogens is 4. The molecule has 25 heavy (non-hydrogen) atoms. The molecule has 0 aromatic carbocycles. The topological polar surface area (TPSA) is 68.0 Å². The molecule has 7 nitrogen and oxygen atoms in total. The molecular weight excluding hydrogens is 336 g/mol. The third-order valence-corrected chi connectivity index (χ3v) is 5.05. The molecule has 0 spiro atoms. The van der Waals surface area contributed by atoms with Crippen LogP contribution in [0, 0.1) is 0 Å². The maximum atomic E-state index is 12.1. The second-order valence-electron chi connectivity index (χ2n) is 6.27. The Balaban J connectivity index is 1.36. The number of amides is 1. The highest BCUT2D eigenvalue weighted by molar-refractivity contribution is 7.07. The number of carbonyl (C=O) groups is 1. The van der Waals surface area contributed by atoms with Crippen LogP contribution in [-0.4, -0.2) is 36.7 Å². The highest BCUT2D eigenvalue weighted by atomic mass is 32.1. The van der Waals surface area contributed by atoms with E-state index in [1.54, 1.807) is 35.5 Å². The smallest absolute Gasteiger partial charge is 0.254 e. The number of fused-ring (bicyclic) bond motifs is 1. The molecule has 4 heterocycles. The summed E-state index contributed by atoms with van der Waals surface area (Å²) in [5.41, 5.74) is 2.81. The zero-order chi connectivity index (χ0) is 17.2. The molecule has 0 bridgehead atoms. The molecular formula is C17H20N6OS. The Morgan fingerprint density at radius 3 is 3.04 bits per heavy atom. The number of thiophene rings is 1. The van der Waals surface area contributed by atoms with E-state index >= 15 is 0 Å². The van der Waals surface area contributed by atoms with Crippen molar-refractivity contribution in [3.05, 3.63) is 58.1 Å². The molecule has 0 saturated heterocycles. The van der Waals surface area contributed by atoms with Crippen molar-refractivity contribution < 1.29 is 4.79 Å². The zero-order valence-corrected chi connectivity index (χ0v) is 14.9. The number of hydrogen-bond acceptors (Lipinski definition) is 5. The van der Waals surface area contributed by atoms with Crippen molar-refractivity contribution in [2.45, 2.75) is 26.2 Å². The van der Waals surface area contributed by atoms with Gasteiger partial charge in [0, 0.05) is 39.1 Å². The average molecular weight is 356 g/mol. The van der Waals surface area contributed by atoms with Crippen molar-refractivity contribution in [3.63, 3.8) is 0 Å². The molecule has 130 valence electrons. The molecule has 1 aliphatic heterocycles. The van der Waals surface area contributed by atoms with Crippen LogP contribution in [0.4, 0.5) is 0 Å². The Labute approximate surface area is 149 Å². The van der Waals surface area contributed by atoms with Gasteiger partial charge < -0.3 is 9.88 Å². The maximum absolute atomic E-state index is 12.1. The molecule has 1 amide bonds. The first-order valence-corrected chi connectivity index (χ1v) is 9.17. The van der Waals surface area contributed by atoms with Crippen molar-refractivity contribution in [2.24, 2.45) is 7.05 Å². The lowest BCUT2D eigenvalue weighted by molar-refractivity contribution is 0.0950. The fourth-order valence-electron chi connectivity index (χ4n) is 3.03.